The van der Waals surface area contributed by atoms with Crippen molar-refractivity contribution in [3.8, 4) is 0 Å². The molecule has 0 atom stereocenters. The van der Waals surface area contributed by atoms with Crippen LogP contribution in [0.25, 0.3) is 21.5 Å². The Morgan fingerprint density at radius 3 is 2.50 bits per heavy atom. The summed E-state index contributed by atoms with van der Waals surface area (Å²) in [4.78, 5) is 0. The molecule has 0 aliphatic rings. The summed E-state index contributed by atoms with van der Waals surface area (Å²) < 4.78 is 1.05. The number of hydrogen-bond acceptors (Lipinski definition) is 0. The van der Waals surface area contributed by atoms with Crippen molar-refractivity contribution in [1.29, 1.82) is 0 Å². The summed E-state index contributed by atoms with van der Waals surface area (Å²) >= 11 is 9.82. The van der Waals surface area contributed by atoms with Gasteiger partial charge in [0.2, 0.25) is 0 Å². The van der Waals surface area contributed by atoms with Crippen molar-refractivity contribution in [2.24, 2.45) is 0 Å². The van der Waals surface area contributed by atoms with Crippen molar-refractivity contribution < 1.29 is 0 Å². The summed E-state index contributed by atoms with van der Waals surface area (Å²) in [5.41, 5.74) is 0. The molecule has 0 radical (unpaired) electrons. The Bertz CT molecular complexity index is 689. The molecule has 0 aromatic heterocycles. The van der Waals surface area contributed by atoms with Crippen molar-refractivity contribution in [2.45, 2.75) is 0 Å². The molecule has 0 nitrogen and oxygen atoms in total. The first-order chi connectivity index (χ1) is 7.77. The second-order valence-corrected chi connectivity index (χ2v) is 5.00. The molecule has 2 heteroatoms. The van der Waals surface area contributed by atoms with Gasteiger partial charge in [0.1, 0.15) is 0 Å². The molecule has 16 heavy (non-hydrogen) atoms. The average molecular weight is 292 g/mol. The van der Waals surface area contributed by atoms with Crippen molar-refractivity contribution in [1.82, 2.24) is 0 Å². The van der Waals surface area contributed by atoms with E-state index in [1.165, 1.54) is 16.2 Å². The minimum absolute atomic E-state index is 0.787. The number of benzene rings is 3. The molecule has 3 aromatic carbocycles. The summed E-state index contributed by atoms with van der Waals surface area (Å²) in [6.45, 7) is 0. The summed E-state index contributed by atoms with van der Waals surface area (Å²) in [5.74, 6) is 0. The van der Waals surface area contributed by atoms with Crippen LogP contribution in [0, 0.1) is 0 Å². The van der Waals surface area contributed by atoms with Gasteiger partial charge in [0, 0.05) is 14.9 Å². The lowest BCUT2D eigenvalue weighted by molar-refractivity contribution is 1.73. The Kier molecular flexibility index (Phi) is 2.38. The van der Waals surface area contributed by atoms with Crippen LogP contribution >= 0.6 is 27.5 Å². The molecule has 0 fully saturated rings. The van der Waals surface area contributed by atoms with Gasteiger partial charge >= 0.3 is 0 Å². The quantitative estimate of drug-likeness (QED) is 0.486. The van der Waals surface area contributed by atoms with Gasteiger partial charge in [-0.2, -0.15) is 0 Å². The van der Waals surface area contributed by atoms with E-state index in [4.69, 9.17) is 11.6 Å². The van der Waals surface area contributed by atoms with Crippen molar-refractivity contribution in [3.63, 3.8) is 0 Å². The second kappa shape index (κ2) is 3.76. The van der Waals surface area contributed by atoms with Crippen LogP contribution in [-0.2, 0) is 0 Å². The van der Waals surface area contributed by atoms with E-state index < -0.39 is 0 Å². The molecule has 3 rings (SSSR count). The number of hydrogen-bond donors (Lipinski definition) is 0. The van der Waals surface area contributed by atoms with Crippen molar-refractivity contribution >= 4 is 49.1 Å². The van der Waals surface area contributed by atoms with Gasteiger partial charge in [-0.1, -0.05) is 63.9 Å². The molecule has 0 aliphatic heterocycles. The zero-order valence-corrected chi connectivity index (χ0v) is 10.7. The minimum atomic E-state index is 0.787. The number of halogens is 2. The van der Waals surface area contributed by atoms with Crippen LogP contribution in [0.1, 0.15) is 0 Å². The van der Waals surface area contributed by atoms with Crippen LogP contribution in [0.15, 0.2) is 53.0 Å². The fourth-order valence-corrected chi connectivity index (χ4v) is 3.13. The van der Waals surface area contributed by atoms with Crippen LogP contribution in [0.5, 0.6) is 0 Å². The van der Waals surface area contributed by atoms with Gasteiger partial charge in [-0.3, -0.25) is 0 Å². The summed E-state index contributed by atoms with van der Waals surface area (Å²) in [7, 11) is 0. The third-order valence-electron chi connectivity index (χ3n) is 2.79. The second-order valence-electron chi connectivity index (χ2n) is 3.74. The highest BCUT2D eigenvalue weighted by molar-refractivity contribution is 9.10. The minimum Gasteiger partial charge on any atom is -0.0836 e. The van der Waals surface area contributed by atoms with Gasteiger partial charge < -0.3 is 0 Å². The topological polar surface area (TPSA) is 0 Å². The standard InChI is InChI=1S/C14H8BrCl/c15-12-8-9-4-1-2-5-10(9)11-6-3-7-13(16)14(11)12/h1-8H. The van der Waals surface area contributed by atoms with E-state index in [2.05, 4.69) is 46.3 Å². The zero-order valence-electron chi connectivity index (χ0n) is 8.37. The molecule has 0 heterocycles. The lowest BCUT2D eigenvalue weighted by Gasteiger charge is -2.07. The van der Waals surface area contributed by atoms with Crippen LogP contribution in [0.4, 0.5) is 0 Å². The van der Waals surface area contributed by atoms with E-state index in [0.29, 0.717) is 0 Å². The highest BCUT2D eigenvalue weighted by Crippen LogP contribution is 2.35. The van der Waals surface area contributed by atoms with E-state index in [-0.39, 0.29) is 0 Å². The lowest BCUT2D eigenvalue weighted by atomic mass is 10.0. The van der Waals surface area contributed by atoms with Gasteiger partial charge in [-0.05, 0) is 28.3 Å². The number of fused-ring (bicyclic) bond motifs is 3. The molecule has 0 bridgehead atoms. The van der Waals surface area contributed by atoms with Gasteiger partial charge in [0.15, 0.2) is 0 Å². The lowest BCUT2D eigenvalue weighted by Crippen LogP contribution is -1.80. The predicted octanol–water partition coefficient (Wildman–Crippen LogP) is 5.41. The normalized spacial score (nSPS) is 11.1. The fraction of sp³-hybridized carbons (Fsp3) is 0. The maximum absolute atomic E-state index is 6.23. The number of rotatable bonds is 0. The fourth-order valence-electron chi connectivity index (χ4n) is 2.07. The zero-order chi connectivity index (χ0) is 11.1. The van der Waals surface area contributed by atoms with Crippen LogP contribution in [-0.4, -0.2) is 0 Å². The smallest absolute Gasteiger partial charge is 0.0495 e. The monoisotopic (exact) mass is 290 g/mol. The molecule has 3 aromatic rings. The molecule has 78 valence electrons. The van der Waals surface area contributed by atoms with E-state index in [1.807, 2.05) is 18.2 Å². The highest BCUT2D eigenvalue weighted by atomic mass is 79.9. The van der Waals surface area contributed by atoms with Gasteiger partial charge in [0.25, 0.3) is 0 Å². The molecule has 0 aliphatic carbocycles. The average Bonchev–Trinajstić information content (AvgIpc) is 2.29. The summed E-state index contributed by atoms with van der Waals surface area (Å²) in [5, 5.41) is 5.53. The van der Waals surface area contributed by atoms with Gasteiger partial charge in [-0.25, -0.2) is 0 Å². The summed E-state index contributed by atoms with van der Waals surface area (Å²) in [6, 6.07) is 16.5. The summed E-state index contributed by atoms with van der Waals surface area (Å²) in [6.07, 6.45) is 0. The molecule has 0 saturated carbocycles. The Hall–Kier alpha value is -1.05. The van der Waals surface area contributed by atoms with Gasteiger partial charge in [0.05, 0.1) is 0 Å². The Morgan fingerprint density at radius 2 is 1.62 bits per heavy atom. The van der Waals surface area contributed by atoms with E-state index in [1.54, 1.807) is 0 Å². The predicted molar refractivity (Wildman–Crippen MR) is 74.2 cm³/mol. The third-order valence-corrected chi connectivity index (χ3v) is 3.73. The first-order valence-corrected chi connectivity index (χ1v) is 6.20. The van der Waals surface area contributed by atoms with E-state index in [0.717, 1.165) is 14.9 Å². The molecule has 0 unspecified atom stereocenters. The largest absolute Gasteiger partial charge is 0.0836 e. The molecule has 0 amide bonds. The van der Waals surface area contributed by atoms with Crippen LogP contribution in [0.2, 0.25) is 5.02 Å². The SMILES string of the molecule is Clc1cccc2c1c(Br)cc1ccccc12. The molecular formula is C14H8BrCl. The first-order valence-electron chi connectivity index (χ1n) is 5.03. The Balaban J connectivity index is 2.65. The Morgan fingerprint density at radius 1 is 0.875 bits per heavy atom. The first kappa shape index (κ1) is 10.1. The molecule has 0 spiro atoms. The van der Waals surface area contributed by atoms with Crippen molar-refractivity contribution in [2.75, 3.05) is 0 Å². The van der Waals surface area contributed by atoms with Crippen LogP contribution < -0.4 is 0 Å². The Labute approximate surface area is 107 Å². The van der Waals surface area contributed by atoms with Crippen LogP contribution in [0.3, 0.4) is 0 Å². The maximum atomic E-state index is 6.23. The van der Waals surface area contributed by atoms with Gasteiger partial charge in [-0.15, -0.1) is 0 Å². The van der Waals surface area contributed by atoms with E-state index in [9.17, 15) is 0 Å². The highest BCUT2D eigenvalue weighted by Gasteiger charge is 2.06. The molecule has 0 saturated heterocycles. The molecule has 0 N–H and O–H groups in total. The molecular weight excluding hydrogens is 284 g/mol. The van der Waals surface area contributed by atoms with Crippen molar-refractivity contribution in [3.05, 3.63) is 58.0 Å². The van der Waals surface area contributed by atoms with E-state index >= 15 is 0 Å². The third kappa shape index (κ3) is 1.43. The maximum Gasteiger partial charge on any atom is 0.0495 e.